The van der Waals surface area contributed by atoms with E-state index in [0.717, 1.165) is 30.8 Å². The fourth-order valence-corrected chi connectivity index (χ4v) is 2.98. The van der Waals surface area contributed by atoms with Crippen molar-refractivity contribution in [2.45, 2.75) is 79.2 Å². The van der Waals surface area contributed by atoms with Crippen LogP contribution in [0.2, 0.25) is 0 Å². The third-order valence-electron chi connectivity index (χ3n) is 4.49. The van der Waals surface area contributed by atoms with Gasteiger partial charge < -0.3 is 5.11 Å². The Kier molecular flexibility index (Phi) is 11.3. The van der Waals surface area contributed by atoms with Gasteiger partial charge in [-0.2, -0.15) is 0 Å². The molecule has 0 amide bonds. The van der Waals surface area contributed by atoms with Crippen LogP contribution in [0.25, 0.3) is 0 Å². The number of hydrogen-bond donors (Lipinski definition) is 1. The minimum absolute atomic E-state index is 0.128. The Morgan fingerprint density at radius 3 is 2.36 bits per heavy atom. The van der Waals surface area contributed by atoms with Crippen molar-refractivity contribution in [3.05, 3.63) is 36.5 Å². The maximum atomic E-state index is 9.65. The van der Waals surface area contributed by atoms with E-state index in [4.69, 9.17) is 0 Å². The second-order valence-corrected chi connectivity index (χ2v) is 7.43. The van der Waals surface area contributed by atoms with Gasteiger partial charge in [0.25, 0.3) is 0 Å². The van der Waals surface area contributed by atoms with Crippen LogP contribution in [0, 0.1) is 17.8 Å². The van der Waals surface area contributed by atoms with E-state index in [2.05, 4.69) is 46.9 Å². The number of allylic oxidation sites excluding steroid dienone is 3. The second kappa shape index (κ2) is 11.7. The van der Waals surface area contributed by atoms with Gasteiger partial charge in [-0.1, -0.05) is 43.7 Å². The van der Waals surface area contributed by atoms with Gasteiger partial charge in [0.2, 0.25) is 0 Å². The van der Waals surface area contributed by atoms with Crippen molar-refractivity contribution in [2.75, 3.05) is 0 Å². The molecule has 22 heavy (non-hydrogen) atoms. The van der Waals surface area contributed by atoms with Crippen molar-refractivity contribution in [3.8, 4) is 0 Å². The van der Waals surface area contributed by atoms with Crippen LogP contribution in [-0.2, 0) is 0 Å². The van der Waals surface area contributed by atoms with E-state index in [-0.39, 0.29) is 6.10 Å². The summed E-state index contributed by atoms with van der Waals surface area (Å²) in [5, 5.41) is 9.65. The molecule has 0 radical (unpaired) electrons. The summed E-state index contributed by atoms with van der Waals surface area (Å²) in [4.78, 5) is 0. The standard InChI is InChI=1S/C11H20.C10H18O/c1-5-7-11(4)9-6-8-10(2)3;1-7(2)9-5-4-8(3)6-10(9)11/h5,8,11H,1,6-7,9H2,2-4H3;8-11H,1,4-6H2,2-3H3. The summed E-state index contributed by atoms with van der Waals surface area (Å²) < 4.78 is 0. The highest BCUT2D eigenvalue weighted by molar-refractivity contribution is 5.01. The number of aliphatic hydroxyl groups excluding tert-OH is 1. The van der Waals surface area contributed by atoms with Crippen LogP contribution in [0.4, 0.5) is 0 Å². The molecule has 0 aromatic carbocycles. The molecule has 1 heteroatoms. The van der Waals surface area contributed by atoms with E-state index in [1.54, 1.807) is 0 Å². The van der Waals surface area contributed by atoms with Gasteiger partial charge in [-0.3, -0.25) is 0 Å². The highest BCUT2D eigenvalue weighted by atomic mass is 16.3. The summed E-state index contributed by atoms with van der Waals surface area (Å²) in [6, 6.07) is 0. The maximum absolute atomic E-state index is 9.65. The van der Waals surface area contributed by atoms with Crippen LogP contribution in [-0.4, -0.2) is 11.2 Å². The van der Waals surface area contributed by atoms with E-state index >= 15 is 0 Å². The molecular weight excluding hydrogens is 268 g/mol. The molecule has 0 bridgehead atoms. The molecule has 0 aliphatic heterocycles. The quantitative estimate of drug-likeness (QED) is 0.570. The van der Waals surface area contributed by atoms with Crippen LogP contribution >= 0.6 is 0 Å². The summed E-state index contributed by atoms with van der Waals surface area (Å²) in [5.74, 6) is 1.86. The molecule has 0 saturated heterocycles. The summed E-state index contributed by atoms with van der Waals surface area (Å²) in [7, 11) is 0. The first-order chi connectivity index (χ1) is 10.3. The molecule has 0 heterocycles. The molecule has 1 nitrogen and oxygen atoms in total. The van der Waals surface area contributed by atoms with Gasteiger partial charge in [-0.15, -0.1) is 6.58 Å². The van der Waals surface area contributed by atoms with Gasteiger partial charge >= 0.3 is 0 Å². The molecule has 1 rings (SSSR count). The Balaban J connectivity index is 0.000000401. The van der Waals surface area contributed by atoms with Gasteiger partial charge in [-0.05, 0) is 71.1 Å². The monoisotopic (exact) mass is 306 g/mol. The van der Waals surface area contributed by atoms with E-state index in [1.165, 1.54) is 24.8 Å². The Bertz CT molecular complexity index is 349. The Morgan fingerprint density at radius 1 is 1.27 bits per heavy atom. The van der Waals surface area contributed by atoms with Crippen molar-refractivity contribution in [3.63, 3.8) is 0 Å². The Labute approximate surface area is 139 Å². The zero-order chi connectivity index (χ0) is 17.1. The number of rotatable bonds is 6. The highest BCUT2D eigenvalue weighted by Crippen LogP contribution is 2.32. The topological polar surface area (TPSA) is 20.2 Å². The molecule has 0 aromatic rings. The lowest BCUT2D eigenvalue weighted by molar-refractivity contribution is 0.0656. The predicted octanol–water partition coefficient (Wildman–Crippen LogP) is 6.30. The van der Waals surface area contributed by atoms with Gasteiger partial charge in [0.15, 0.2) is 0 Å². The minimum Gasteiger partial charge on any atom is -0.392 e. The van der Waals surface area contributed by atoms with E-state index < -0.39 is 0 Å². The van der Waals surface area contributed by atoms with E-state index in [9.17, 15) is 5.11 Å². The molecule has 1 saturated carbocycles. The molecule has 1 aliphatic carbocycles. The lowest BCUT2D eigenvalue weighted by atomic mass is 9.78. The van der Waals surface area contributed by atoms with Gasteiger partial charge in [0, 0.05) is 5.92 Å². The van der Waals surface area contributed by atoms with Gasteiger partial charge in [0.1, 0.15) is 0 Å². The summed E-state index contributed by atoms with van der Waals surface area (Å²) >= 11 is 0. The maximum Gasteiger partial charge on any atom is 0.0607 e. The third kappa shape index (κ3) is 10.00. The zero-order valence-electron chi connectivity index (χ0n) is 15.6. The molecule has 0 aromatic heterocycles. The fourth-order valence-electron chi connectivity index (χ4n) is 2.98. The summed E-state index contributed by atoms with van der Waals surface area (Å²) in [6.07, 6.45) is 11.2. The van der Waals surface area contributed by atoms with Crippen LogP contribution in [0.5, 0.6) is 0 Å². The molecule has 0 spiro atoms. The molecule has 1 fully saturated rings. The second-order valence-electron chi connectivity index (χ2n) is 7.43. The van der Waals surface area contributed by atoms with Crippen molar-refractivity contribution in [2.24, 2.45) is 17.8 Å². The van der Waals surface area contributed by atoms with Crippen molar-refractivity contribution in [1.29, 1.82) is 0 Å². The van der Waals surface area contributed by atoms with Crippen LogP contribution in [0.3, 0.4) is 0 Å². The fraction of sp³-hybridized carbons (Fsp3) is 0.714. The van der Waals surface area contributed by atoms with Gasteiger partial charge in [-0.25, -0.2) is 0 Å². The zero-order valence-corrected chi connectivity index (χ0v) is 15.6. The van der Waals surface area contributed by atoms with Crippen LogP contribution in [0.15, 0.2) is 36.5 Å². The smallest absolute Gasteiger partial charge is 0.0607 e. The SMILES string of the molecule is C=C(C)C1CCC(C)CC1O.C=CCC(C)CCC=C(C)C. The molecule has 1 N–H and O–H groups in total. The first-order valence-corrected chi connectivity index (χ1v) is 8.85. The average Bonchev–Trinajstić information content (AvgIpc) is 2.38. The van der Waals surface area contributed by atoms with Crippen LogP contribution in [0.1, 0.15) is 73.1 Å². The highest BCUT2D eigenvalue weighted by Gasteiger charge is 2.26. The molecule has 4 atom stereocenters. The lowest BCUT2D eigenvalue weighted by Crippen LogP contribution is -2.28. The summed E-state index contributed by atoms with van der Waals surface area (Å²) in [6.45, 7) is 18.4. The largest absolute Gasteiger partial charge is 0.392 e. The molecule has 128 valence electrons. The van der Waals surface area contributed by atoms with Crippen molar-refractivity contribution < 1.29 is 5.11 Å². The Hall–Kier alpha value is -0.820. The normalized spacial score (nSPS) is 25.5. The predicted molar refractivity (Wildman–Crippen MR) is 100.0 cm³/mol. The van der Waals surface area contributed by atoms with Gasteiger partial charge in [0.05, 0.1) is 6.10 Å². The first kappa shape index (κ1) is 21.2. The molecule has 4 unspecified atom stereocenters. The minimum atomic E-state index is -0.128. The molecule has 1 aliphatic rings. The summed E-state index contributed by atoms with van der Waals surface area (Å²) in [5.41, 5.74) is 2.57. The number of hydrogen-bond acceptors (Lipinski definition) is 1. The Morgan fingerprint density at radius 2 is 1.91 bits per heavy atom. The van der Waals surface area contributed by atoms with Crippen LogP contribution < -0.4 is 0 Å². The lowest BCUT2D eigenvalue weighted by Gasteiger charge is -2.31. The van der Waals surface area contributed by atoms with Crippen molar-refractivity contribution >= 4 is 0 Å². The third-order valence-corrected chi connectivity index (χ3v) is 4.49. The van der Waals surface area contributed by atoms with Crippen molar-refractivity contribution in [1.82, 2.24) is 0 Å². The van der Waals surface area contributed by atoms with E-state index in [1.807, 2.05) is 13.0 Å². The number of aliphatic hydroxyl groups is 1. The molecular formula is C21H38O. The average molecular weight is 307 g/mol. The first-order valence-electron chi connectivity index (χ1n) is 8.85. The van der Waals surface area contributed by atoms with E-state index in [0.29, 0.717) is 11.8 Å².